The maximum absolute atomic E-state index is 11.8. The van der Waals surface area contributed by atoms with E-state index in [-0.39, 0.29) is 5.91 Å². The minimum Gasteiger partial charge on any atom is -0.496 e. The lowest BCUT2D eigenvalue weighted by Crippen LogP contribution is -2.33. The monoisotopic (exact) mass is 333 g/mol. The zero-order valence-corrected chi connectivity index (χ0v) is 14.8. The zero-order valence-electron chi connectivity index (χ0n) is 14.8. The number of aryl methyl sites for hydroxylation is 1. The first-order valence-corrected chi connectivity index (χ1v) is 8.95. The average molecular weight is 333 g/mol. The molecule has 3 heteroatoms. The number of carbonyl (C=O) groups is 1. The molecule has 2 aliphatic rings. The second kappa shape index (κ2) is 6.40. The number of rotatable bonds is 3. The van der Waals surface area contributed by atoms with Crippen molar-refractivity contribution in [2.75, 3.05) is 18.6 Å². The second-order valence-corrected chi connectivity index (χ2v) is 6.83. The van der Waals surface area contributed by atoms with Crippen LogP contribution in [0, 0.1) is 0 Å². The number of hydrogen-bond acceptors (Lipinski definition) is 2. The SMILES string of the molecule is COC(=C1CC1)c1ccc(-c2ccc3c(c2)CCCN3C(C)=O)cc1. The van der Waals surface area contributed by atoms with Crippen LogP contribution in [0.5, 0.6) is 0 Å². The van der Waals surface area contributed by atoms with Crippen molar-refractivity contribution >= 4 is 17.4 Å². The number of carbonyl (C=O) groups excluding carboxylic acids is 1. The van der Waals surface area contributed by atoms with E-state index in [2.05, 4.69) is 42.5 Å². The third-order valence-corrected chi connectivity index (χ3v) is 5.08. The second-order valence-electron chi connectivity index (χ2n) is 6.83. The van der Waals surface area contributed by atoms with Crippen LogP contribution >= 0.6 is 0 Å². The van der Waals surface area contributed by atoms with Crippen molar-refractivity contribution in [3.8, 4) is 11.1 Å². The van der Waals surface area contributed by atoms with Crippen LogP contribution in [0.4, 0.5) is 5.69 Å². The van der Waals surface area contributed by atoms with E-state index in [0.29, 0.717) is 0 Å². The molecule has 0 atom stereocenters. The van der Waals surface area contributed by atoms with E-state index in [9.17, 15) is 4.79 Å². The lowest BCUT2D eigenvalue weighted by molar-refractivity contribution is -0.116. The molecule has 4 rings (SSSR count). The minimum atomic E-state index is 0.123. The van der Waals surface area contributed by atoms with E-state index in [1.807, 2.05) is 4.90 Å². The summed E-state index contributed by atoms with van der Waals surface area (Å²) in [6.45, 7) is 2.47. The lowest BCUT2D eigenvalue weighted by atomic mass is 9.95. The highest BCUT2D eigenvalue weighted by Gasteiger charge is 2.21. The van der Waals surface area contributed by atoms with Crippen molar-refractivity contribution in [2.45, 2.75) is 32.6 Å². The molecule has 0 unspecified atom stereocenters. The van der Waals surface area contributed by atoms with Gasteiger partial charge in [-0.15, -0.1) is 0 Å². The Hall–Kier alpha value is -2.55. The van der Waals surface area contributed by atoms with Crippen LogP contribution < -0.4 is 4.90 Å². The summed E-state index contributed by atoms with van der Waals surface area (Å²) >= 11 is 0. The summed E-state index contributed by atoms with van der Waals surface area (Å²) in [5.41, 5.74) is 7.30. The predicted molar refractivity (Wildman–Crippen MR) is 101 cm³/mol. The maximum Gasteiger partial charge on any atom is 0.223 e. The van der Waals surface area contributed by atoms with Crippen molar-refractivity contribution < 1.29 is 9.53 Å². The smallest absolute Gasteiger partial charge is 0.223 e. The fourth-order valence-electron chi connectivity index (χ4n) is 3.67. The summed E-state index contributed by atoms with van der Waals surface area (Å²) in [7, 11) is 1.75. The maximum atomic E-state index is 11.8. The van der Waals surface area contributed by atoms with Gasteiger partial charge in [0.05, 0.1) is 7.11 Å². The van der Waals surface area contributed by atoms with Gasteiger partial charge < -0.3 is 9.64 Å². The predicted octanol–water partition coefficient (Wildman–Crippen LogP) is 4.80. The number of allylic oxidation sites excluding steroid dienone is 1. The number of hydrogen-bond donors (Lipinski definition) is 0. The number of methoxy groups -OCH3 is 1. The standard InChI is InChI=1S/C22H23NO2/c1-15(24)23-13-3-4-20-14-19(11-12-21(20)23)16-5-7-17(8-6-16)22(25-2)18-9-10-18/h5-8,11-12,14H,3-4,9-10,13H2,1-2H3. The molecule has 1 aliphatic heterocycles. The first-order chi connectivity index (χ1) is 12.2. The Morgan fingerprint density at radius 3 is 2.36 bits per heavy atom. The van der Waals surface area contributed by atoms with E-state index in [1.54, 1.807) is 14.0 Å². The van der Waals surface area contributed by atoms with Gasteiger partial charge in [-0.1, -0.05) is 30.3 Å². The minimum absolute atomic E-state index is 0.123. The first kappa shape index (κ1) is 15.9. The molecule has 2 aromatic carbocycles. The number of fused-ring (bicyclic) bond motifs is 1. The molecule has 3 nitrogen and oxygen atoms in total. The van der Waals surface area contributed by atoms with Crippen molar-refractivity contribution in [1.82, 2.24) is 0 Å². The Labute approximate surface area is 148 Å². The van der Waals surface area contributed by atoms with E-state index < -0.39 is 0 Å². The molecule has 1 amide bonds. The van der Waals surface area contributed by atoms with Crippen LogP contribution in [0.2, 0.25) is 0 Å². The number of anilines is 1. The molecule has 1 saturated carbocycles. The Morgan fingerprint density at radius 2 is 1.72 bits per heavy atom. The molecule has 2 aromatic rings. The normalized spacial score (nSPS) is 15.6. The van der Waals surface area contributed by atoms with Crippen molar-refractivity contribution in [3.05, 3.63) is 59.2 Å². The van der Waals surface area contributed by atoms with Gasteiger partial charge in [-0.25, -0.2) is 0 Å². The fraction of sp³-hybridized carbons (Fsp3) is 0.318. The molecule has 0 saturated heterocycles. The molecule has 25 heavy (non-hydrogen) atoms. The highest BCUT2D eigenvalue weighted by Crippen LogP contribution is 2.37. The Kier molecular flexibility index (Phi) is 4.08. The molecule has 0 bridgehead atoms. The van der Waals surface area contributed by atoms with Gasteiger partial charge in [0.2, 0.25) is 5.91 Å². The van der Waals surface area contributed by atoms with Crippen LogP contribution in [0.3, 0.4) is 0 Å². The quantitative estimate of drug-likeness (QED) is 0.755. The van der Waals surface area contributed by atoms with Crippen LogP contribution in [-0.2, 0) is 16.0 Å². The highest BCUT2D eigenvalue weighted by atomic mass is 16.5. The van der Waals surface area contributed by atoms with Gasteiger partial charge in [-0.2, -0.15) is 0 Å². The Morgan fingerprint density at radius 1 is 1.00 bits per heavy atom. The van der Waals surface area contributed by atoms with E-state index >= 15 is 0 Å². The van der Waals surface area contributed by atoms with Gasteiger partial charge in [0, 0.05) is 24.7 Å². The van der Waals surface area contributed by atoms with E-state index in [0.717, 1.165) is 49.2 Å². The van der Waals surface area contributed by atoms with Crippen LogP contribution in [-0.4, -0.2) is 19.6 Å². The summed E-state index contributed by atoms with van der Waals surface area (Å²) in [4.78, 5) is 13.7. The number of amides is 1. The molecular formula is C22H23NO2. The molecule has 1 heterocycles. The van der Waals surface area contributed by atoms with E-state index in [4.69, 9.17) is 4.74 Å². The molecule has 0 N–H and O–H groups in total. The Balaban J connectivity index is 1.64. The summed E-state index contributed by atoms with van der Waals surface area (Å²) in [6.07, 6.45) is 4.37. The molecule has 1 fully saturated rings. The largest absolute Gasteiger partial charge is 0.496 e. The van der Waals surface area contributed by atoms with Gasteiger partial charge in [0.15, 0.2) is 0 Å². The summed E-state index contributed by atoms with van der Waals surface area (Å²) in [6, 6.07) is 15.0. The van der Waals surface area contributed by atoms with Crippen LogP contribution in [0.1, 0.15) is 37.3 Å². The summed E-state index contributed by atoms with van der Waals surface area (Å²) in [5.74, 6) is 1.16. The molecule has 128 valence electrons. The third kappa shape index (κ3) is 3.07. The molecule has 0 aromatic heterocycles. The zero-order chi connectivity index (χ0) is 17.4. The molecule has 0 radical (unpaired) electrons. The molecular weight excluding hydrogens is 310 g/mol. The number of nitrogens with zero attached hydrogens (tertiary/aromatic N) is 1. The van der Waals surface area contributed by atoms with Crippen molar-refractivity contribution in [2.24, 2.45) is 0 Å². The average Bonchev–Trinajstić information content (AvgIpc) is 3.47. The number of ether oxygens (including phenoxy) is 1. The third-order valence-electron chi connectivity index (χ3n) is 5.08. The van der Waals surface area contributed by atoms with Crippen molar-refractivity contribution in [3.63, 3.8) is 0 Å². The van der Waals surface area contributed by atoms with Gasteiger partial charge in [-0.05, 0) is 60.1 Å². The topological polar surface area (TPSA) is 29.5 Å². The van der Waals surface area contributed by atoms with Crippen molar-refractivity contribution in [1.29, 1.82) is 0 Å². The van der Waals surface area contributed by atoms with Gasteiger partial charge >= 0.3 is 0 Å². The Bertz CT molecular complexity index is 843. The lowest BCUT2D eigenvalue weighted by Gasteiger charge is -2.29. The van der Waals surface area contributed by atoms with Gasteiger partial charge in [-0.3, -0.25) is 4.79 Å². The summed E-state index contributed by atoms with van der Waals surface area (Å²) < 4.78 is 5.56. The summed E-state index contributed by atoms with van der Waals surface area (Å²) in [5, 5.41) is 0. The van der Waals surface area contributed by atoms with Crippen LogP contribution in [0.25, 0.3) is 16.9 Å². The fourth-order valence-corrected chi connectivity index (χ4v) is 3.67. The van der Waals surface area contributed by atoms with Gasteiger partial charge in [0.1, 0.15) is 5.76 Å². The number of benzene rings is 2. The molecule has 0 spiro atoms. The van der Waals surface area contributed by atoms with Gasteiger partial charge in [0.25, 0.3) is 0 Å². The molecule has 1 aliphatic carbocycles. The van der Waals surface area contributed by atoms with Crippen LogP contribution in [0.15, 0.2) is 48.0 Å². The van der Waals surface area contributed by atoms with E-state index in [1.165, 1.54) is 22.3 Å². The first-order valence-electron chi connectivity index (χ1n) is 8.95. The highest BCUT2D eigenvalue weighted by molar-refractivity contribution is 5.93.